The smallest absolute Gasteiger partial charge is 0.330 e. The van der Waals surface area contributed by atoms with E-state index in [9.17, 15) is 19.7 Å². The molecule has 100 valence electrons. The van der Waals surface area contributed by atoms with Gasteiger partial charge in [-0.1, -0.05) is 6.07 Å². The van der Waals surface area contributed by atoms with E-state index in [1.165, 1.54) is 24.3 Å². The lowest BCUT2D eigenvalue weighted by Gasteiger charge is -2.01. The van der Waals surface area contributed by atoms with Crippen molar-refractivity contribution in [1.29, 1.82) is 0 Å². The van der Waals surface area contributed by atoms with Gasteiger partial charge in [0.25, 0.3) is 5.69 Å². The maximum Gasteiger partial charge on any atom is 0.330 e. The Bertz CT molecular complexity index is 525. The van der Waals surface area contributed by atoms with Gasteiger partial charge in [-0.2, -0.15) is 0 Å². The number of nitrogens with one attached hydrogen (secondary N) is 1. The molecule has 0 saturated carbocycles. The van der Waals surface area contributed by atoms with Crippen LogP contribution in [0.3, 0.4) is 0 Å². The van der Waals surface area contributed by atoms with Crippen molar-refractivity contribution in [2.45, 2.75) is 6.92 Å². The van der Waals surface area contributed by atoms with E-state index in [1.807, 2.05) is 0 Å². The molecule has 19 heavy (non-hydrogen) atoms. The highest BCUT2D eigenvalue weighted by molar-refractivity contribution is 6.02. The first-order chi connectivity index (χ1) is 9.02. The summed E-state index contributed by atoms with van der Waals surface area (Å²) in [6.45, 7) is 1.87. The molecule has 1 N–H and O–H groups in total. The fraction of sp³-hybridized carbons (Fsp3) is 0.167. The summed E-state index contributed by atoms with van der Waals surface area (Å²) in [5.74, 6) is -1.20. The summed E-state index contributed by atoms with van der Waals surface area (Å²) in [7, 11) is 0. The Morgan fingerprint density at radius 2 is 2.16 bits per heavy atom. The van der Waals surface area contributed by atoms with Crippen LogP contribution in [0, 0.1) is 10.1 Å². The van der Waals surface area contributed by atoms with Gasteiger partial charge in [0.1, 0.15) is 0 Å². The molecular weight excluding hydrogens is 252 g/mol. The summed E-state index contributed by atoms with van der Waals surface area (Å²) in [5, 5.41) is 12.9. The van der Waals surface area contributed by atoms with Gasteiger partial charge in [-0.05, 0) is 13.0 Å². The highest BCUT2D eigenvalue weighted by atomic mass is 16.6. The minimum absolute atomic E-state index is 0.132. The Kier molecular flexibility index (Phi) is 5.21. The van der Waals surface area contributed by atoms with Gasteiger partial charge in [-0.25, -0.2) is 4.79 Å². The molecule has 0 atom stereocenters. The minimum atomic E-state index is -0.628. The van der Waals surface area contributed by atoms with Crippen LogP contribution in [0.25, 0.3) is 0 Å². The zero-order valence-corrected chi connectivity index (χ0v) is 10.2. The first-order valence-corrected chi connectivity index (χ1v) is 5.43. The minimum Gasteiger partial charge on any atom is -0.463 e. The van der Waals surface area contributed by atoms with Crippen molar-refractivity contribution >= 4 is 23.3 Å². The Morgan fingerprint density at radius 1 is 1.42 bits per heavy atom. The Labute approximate surface area is 109 Å². The first-order valence-electron chi connectivity index (χ1n) is 5.43. The molecule has 7 heteroatoms. The molecule has 0 aliphatic heterocycles. The molecule has 1 amide bonds. The van der Waals surface area contributed by atoms with Crippen molar-refractivity contribution in [1.82, 2.24) is 0 Å². The fourth-order valence-corrected chi connectivity index (χ4v) is 1.22. The van der Waals surface area contributed by atoms with Gasteiger partial charge in [-0.3, -0.25) is 14.9 Å². The van der Waals surface area contributed by atoms with Crippen LogP contribution >= 0.6 is 0 Å². The van der Waals surface area contributed by atoms with Crippen molar-refractivity contribution in [3.05, 3.63) is 46.5 Å². The van der Waals surface area contributed by atoms with Crippen LogP contribution in [0.1, 0.15) is 6.92 Å². The van der Waals surface area contributed by atoms with Gasteiger partial charge in [0.15, 0.2) is 0 Å². The van der Waals surface area contributed by atoms with Gasteiger partial charge in [0, 0.05) is 30.0 Å². The largest absolute Gasteiger partial charge is 0.463 e. The highest BCUT2D eigenvalue weighted by Gasteiger charge is 2.06. The second kappa shape index (κ2) is 6.90. The van der Waals surface area contributed by atoms with Crippen LogP contribution in [0.4, 0.5) is 11.4 Å². The number of ether oxygens (including phenoxy) is 1. The summed E-state index contributed by atoms with van der Waals surface area (Å²) in [6, 6.07) is 5.48. The molecule has 1 aromatic carbocycles. The third kappa shape index (κ3) is 4.99. The summed E-state index contributed by atoms with van der Waals surface area (Å²) >= 11 is 0. The molecule has 7 nitrogen and oxygen atoms in total. The molecule has 0 aromatic heterocycles. The molecule has 0 bridgehead atoms. The average molecular weight is 264 g/mol. The van der Waals surface area contributed by atoms with Crippen LogP contribution in [-0.4, -0.2) is 23.4 Å². The molecule has 1 rings (SSSR count). The van der Waals surface area contributed by atoms with Gasteiger partial charge in [0.05, 0.1) is 11.5 Å². The van der Waals surface area contributed by atoms with Crippen LogP contribution in [0.2, 0.25) is 0 Å². The zero-order chi connectivity index (χ0) is 14.3. The third-order valence-corrected chi connectivity index (χ3v) is 1.98. The number of non-ortho nitro benzene ring substituents is 1. The van der Waals surface area contributed by atoms with Crippen LogP contribution in [-0.2, 0) is 14.3 Å². The van der Waals surface area contributed by atoms with E-state index >= 15 is 0 Å². The molecule has 1 aromatic rings. The summed E-state index contributed by atoms with van der Waals surface area (Å²) in [4.78, 5) is 32.4. The van der Waals surface area contributed by atoms with Crippen LogP contribution in [0.15, 0.2) is 36.4 Å². The second-order valence-electron chi connectivity index (χ2n) is 3.38. The topological polar surface area (TPSA) is 98.5 Å². The Balaban J connectivity index is 2.64. The lowest BCUT2D eigenvalue weighted by atomic mass is 10.3. The van der Waals surface area contributed by atoms with E-state index in [4.69, 9.17) is 0 Å². The number of esters is 1. The zero-order valence-electron chi connectivity index (χ0n) is 10.2. The summed E-state index contributed by atoms with van der Waals surface area (Å²) in [5.41, 5.74) is 0.139. The quantitative estimate of drug-likeness (QED) is 0.377. The molecule has 0 aliphatic rings. The second-order valence-corrected chi connectivity index (χ2v) is 3.38. The highest BCUT2D eigenvalue weighted by Crippen LogP contribution is 2.16. The maximum atomic E-state index is 11.4. The van der Waals surface area contributed by atoms with Gasteiger partial charge < -0.3 is 10.1 Å². The van der Waals surface area contributed by atoms with E-state index in [2.05, 4.69) is 10.1 Å². The Hall–Kier alpha value is -2.70. The number of carbonyl (C=O) groups is 2. The molecule has 0 radical (unpaired) electrons. The lowest BCUT2D eigenvalue weighted by molar-refractivity contribution is -0.384. The molecule has 0 aliphatic carbocycles. The number of anilines is 1. The van der Waals surface area contributed by atoms with E-state index in [0.717, 1.165) is 12.2 Å². The molecule has 0 fully saturated rings. The lowest BCUT2D eigenvalue weighted by Crippen LogP contribution is -2.09. The number of amides is 1. The van der Waals surface area contributed by atoms with E-state index in [0.29, 0.717) is 0 Å². The number of hydrogen-bond donors (Lipinski definition) is 1. The number of benzene rings is 1. The molecular formula is C12H12N2O5. The van der Waals surface area contributed by atoms with Crippen molar-refractivity contribution in [3.63, 3.8) is 0 Å². The van der Waals surface area contributed by atoms with E-state index in [1.54, 1.807) is 6.92 Å². The predicted molar refractivity (Wildman–Crippen MR) is 67.5 cm³/mol. The summed E-state index contributed by atoms with van der Waals surface area (Å²) < 4.78 is 4.60. The molecule has 0 heterocycles. The average Bonchev–Trinajstić information content (AvgIpc) is 2.37. The number of carbonyl (C=O) groups excluding carboxylic acids is 2. The van der Waals surface area contributed by atoms with Gasteiger partial charge >= 0.3 is 5.97 Å². The van der Waals surface area contributed by atoms with Crippen molar-refractivity contribution < 1.29 is 19.2 Å². The molecule has 0 spiro atoms. The van der Waals surface area contributed by atoms with E-state index < -0.39 is 16.8 Å². The van der Waals surface area contributed by atoms with Gasteiger partial charge in [0.2, 0.25) is 5.91 Å². The number of hydrogen-bond acceptors (Lipinski definition) is 5. The number of nitro benzene ring substituents is 1. The predicted octanol–water partition coefficient (Wildman–Crippen LogP) is 1.65. The molecule has 0 saturated heterocycles. The third-order valence-electron chi connectivity index (χ3n) is 1.98. The fourth-order valence-electron chi connectivity index (χ4n) is 1.22. The monoisotopic (exact) mass is 264 g/mol. The maximum absolute atomic E-state index is 11.4. The number of rotatable bonds is 5. The first kappa shape index (κ1) is 14.4. The van der Waals surface area contributed by atoms with Crippen molar-refractivity contribution in [3.8, 4) is 0 Å². The normalized spacial score (nSPS) is 10.2. The van der Waals surface area contributed by atoms with Crippen molar-refractivity contribution in [2.75, 3.05) is 11.9 Å². The van der Waals surface area contributed by atoms with Crippen molar-refractivity contribution in [2.24, 2.45) is 0 Å². The van der Waals surface area contributed by atoms with Crippen LogP contribution in [0.5, 0.6) is 0 Å². The molecule has 0 unspecified atom stereocenters. The van der Waals surface area contributed by atoms with Crippen LogP contribution < -0.4 is 5.32 Å². The number of nitrogens with zero attached hydrogens (tertiary/aromatic N) is 1. The SMILES string of the molecule is CCOC(=O)C=CC(=O)Nc1cccc([N+](=O)[O-])c1. The number of nitro groups is 1. The Morgan fingerprint density at radius 3 is 2.79 bits per heavy atom. The van der Waals surface area contributed by atoms with Gasteiger partial charge in [-0.15, -0.1) is 0 Å². The summed E-state index contributed by atoms with van der Waals surface area (Å²) in [6.07, 6.45) is 1.98. The standard InChI is InChI=1S/C12H12N2O5/c1-2-19-12(16)7-6-11(15)13-9-4-3-5-10(8-9)14(17)18/h3-8H,2H2,1H3,(H,13,15). The van der Waals surface area contributed by atoms with E-state index in [-0.39, 0.29) is 18.0 Å².